The van der Waals surface area contributed by atoms with Gasteiger partial charge >= 0.3 is 0 Å². The van der Waals surface area contributed by atoms with Crippen LogP contribution in [-0.2, 0) is 6.42 Å². The van der Waals surface area contributed by atoms with Gasteiger partial charge in [-0.3, -0.25) is 0 Å². The predicted molar refractivity (Wildman–Crippen MR) is 75.7 cm³/mol. The molecule has 0 aliphatic rings. The molecular formula is C15H17N3. The zero-order valence-electron chi connectivity index (χ0n) is 10.4. The van der Waals surface area contributed by atoms with Gasteiger partial charge in [-0.2, -0.15) is 0 Å². The van der Waals surface area contributed by atoms with Crippen LogP contribution in [0.25, 0.3) is 0 Å². The SMILES string of the molecule is Cc1ccccc1CC(=Nc1ccccc1)NN. The highest BCUT2D eigenvalue weighted by Gasteiger charge is 2.02. The number of hydrogen-bond donors (Lipinski definition) is 2. The molecule has 18 heavy (non-hydrogen) atoms. The van der Waals surface area contributed by atoms with Crippen molar-refractivity contribution in [3.05, 3.63) is 65.7 Å². The monoisotopic (exact) mass is 239 g/mol. The van der Waals surface area contributed by atoms with E-state index >= 15 is 0 Å². The van der Waals surface area contributed by atoms with E-state index in [-0.39, 0.29) is 0 Å². The molecule has 0 atom stereocenters. The maximum Gasteiger partial charge on any atom is 0.121 e. The van der Waals surface area contributed by atoms with Crippen molar-refractivity contribution in [1.29, 1.82) is 0 Å². The third kappa shape index (κ3) is 3.18. The fourth-order valence-electron chi connectivity index (χ4n) is 1.77. The molecular weight excluding hydrogens is 222 g/mol. The molecule has 3 nitrogen and oxygen atoms in total. The number of amidine groups is 1. The Morgan fingerprint density at radius 3 is 2.39 bits per heavy atom. The van der Waals surface area contributed by atoms with Crippen molar-refractivity contribution in [3.8, 4) is 0 Å². The van der Waals surface area contributed by atoms with E-state index in [4.69, 9.17) is 5.84 Å². The molecule has 2 aromatic rings. The van der Waals surface area contributed by atoms with Crippen molar-refractivity contribution in [2.45, 2.75) is 13.3 Å². The van der Waals surface area contributed by atoms with Gasteiger partial charge < -0.3 is 5.43 Å². The molecule has 3 heteroatoms. The number of hydrogen-bond acceptors (Lipinski definition) is 2. The third-order valence-electron chi connectivity index (χ3n) is 2.81. The molecule has 0 fully saturated rings. The first-order valence-corrected chi connectivity index (χ1v) is 5.93. The molecule has 0 radical (unpaired) electrons. The second-order valence-electron chi connectivity index (χ2n) is 4.14. The van der Waals surface area contributed by atoms with Crippen LogP contribution in [0.15, 0.2) is 59.6 Å². The van der Waals surface area contributed by atoms with E-state index in [1.54, 1.807) is 0 Å². The van der Waals surface area contributed by atoms with E-state index < -0.39 is 0 Å². The maximum atomic E-state index is 5.54. The van der Waals surface area contributed by atoms with Gasteiger partial charge in [0, 0.05) is 6.42 Å². The molecule has 0 aliphatic heterocycles. The first-order valence-electron chi connectivity index (χ1n) is 5.93. The number of rotatable bonds is 3. The normalized spacial score (nSPS) is 11.3. The Kier molecular flexibility index (Phi) is 4.10. The van der Waals surface area contributed by atoms with Crippen molar-refractivity contribution in [2.75, 3.05) is 0 Å². The highest BCUT2D eigenvalue weighted by Crippen LogP contribution is 2.12. The van der Waals surface area contributed by atoms with Crippen molar-refractivity contribution in [3.63, 3.8) is 0 Å². The smallest absolute Gasteiger partial charge is 0.121 e. The molecule has 92 valence electrons. The lowest BCUT2D eigenvalue weighted by atomic mass is 10.1. The summed E-state index contributed by atoms with van der Waals surface area (Å²) in [7, 11) is 0. The van der Waals surface area contributed by atoms with Gasteiger partial charge in [-0.05, 0) is 30.2 Å². The van der Waals surface area contributed by atoms with Crippen LogP contribution in [0, 0.1) is 6.92 Å². The molecule has 0 amide bonds. The molecule has 0 unspecified atom stereocenters. The van der Waals surface area contributed by atoms with Gasteiger partial charge in [-0.1, -0.05) is 42.5 Å². The summed E-state index contributed by atoms with van der Waals surface area (Å²) < 4.78 is 0. The Balaban J connectivity index is 2.20. The zero-order valence-corrected chi connectivity index (χ0v) is 10.4. The molecule has 3 N–H and O–H groups in total. The number of nitrogens with two attached hydrogens (primary N) is 1. The first kappa shape index (κ1) is 12.3. The third-order valence-corrected chi connectivity index (χ3v) is 2.81. The lowest BCUT2D eigenvalue weighted by Crippen LogP contribution is -2.31. The van der Waals surface area contributed by atoms with Crippen molar-refractivity contribution < 1.29 is 0 Å². The van der Waals surface area contributed by atoms with Crippen LogP contribution in [-0.4, -0.2) is 5.84 Å². The molecule has 0 saturated carbocycles. The van der Waals surface area contributed by atoms with Crippen molar-refractivity contribution >= 4 is 11.5 Å². The fraction of sp³-hybridized carbons (Fsp3) is 0.133. The predicted octanol–water partition coefficient (Wildman–Crippen LogP) is 2.73. The molecule has 0 aromatic heterocycles. The summed E-state index contributed by atoms with van der Waals surface area (Å²) in [6, 6.07) is 18.0. The number of hydrazine groups is 1. The summed E-state index contributed by atoms with van der Waals surface area (Å²) in [5.41, 5.74) is 6.05. The van der Waals surface area contributed by atoms with E-state index in [0.717, 1.165) is 11.5 Å². The maximum absolute atomic E-state index is 5.54. The van der Waals surface area contributed by atoms with Gasteiger partial charge in [0.25, 0.3) is 0 Å². The summed E-state index contributed by atoms with van der Waals surface area (Å²) in [6.45, 7) is 2.09. The minimum Gasteiger partial charge on any atom is -0.312 e. The summed E-state index contributed by atoms with van der Waals surface area (Å²) in [6.07, 6.45) is 0.706. The number of para-hydroxylation sites is 1. The summed E-state index contributed by atoms with van der Waals surface area (Å²) >= 11 is 0. The Morgan fingerprint density at radius 2 is 1.72 bits per heavy atom. The van der Waals surface area contributed by atoms with E-state index in [2.05, 4.69) is 29.5 Å². The number of nitrogens with one attached hydrogen (secondary N) is 1. The molecule has 2 rings (SSSR count). The van der Waals surface area contributed by atoms with Gasteiger partial charge in [0.05, 0.1) is 5.69 Å². The average molecular weight is 239 g/mol. The fourth-order valence-corrected chi connectivity index (χ4v) is 1.77. The van der Waals surface area contributed by atoms with Crippen LogP contribution in [0.4, 0.5) is 5.69 Å². The minimum atomic E-state index is 0.706. The van der Waals surface area contributed by atoms with Crippen LogP contribution in [0.2, 0.25) is 0 Å². The zero-order chi connectivity index (χ0) is 12.8. The number of nitrogens with zero attached hydrogens (tertiary/aromatic N) is 1. The minimum absolute atomic E-state index is 0.706. The molecule has 2 aromatic carbocycles. The Morgan fingerprint density at radius 1 is 1.06 bits per heavy atom. The van der Waals surface area contributed by atoms with Gasteiger partial charge in [-0.25, -0.2) is 10.8 Å². The van der Waals surface area contributed by atoms with Crippen molar-refractivity contribution in [2.24, 2.45) is 10.8 Å². The Hall–Kier alpha value is -2.13. The Labute approximate surface area is 107 Å². The molecule has 0 bridgehead atoms. The molecule has 0 aliphatic carbocycles. The molecule has 0 saturated heterocycles. The van der Waals surface area contributed by atoms with E-state index in [9.17, 15) is 0 Å². The van der Waals surface area contributed by atoms with Crippen LogP contribution < -0.4 is 11.3 Å². The van der Waals surface area contributed by atoms with Crippen molar-refractivity contribution in [1.82, 2.24) is 5.43 Å². The summed E-state index contributed by atoms with van der Waals surface area (Å²) in [5.74, 6) is 6.30. The second kappa shape index (κ2) is 5.98. The highest BCUT2D eigenvalue weighted by molar-refractivity contribution is 5.86. The largest absolute Gasteiger partial charge is 0.312 e. The summed E-state index contributed by atoms with van der Waals surface area (Å²) in [4.78, 5) is 4.49. The number of benzene rings is 2. The van der Waals surface area contributed by atoms with E-state index in [1.807, 2.05) is 42.5 Å². The lowest BCUT2D eigenvalue weighted by molar-refractivity contribution is 0.985. The van der Waals surface area contributed by atoms with E-state index in [1.165, 1.54) is 11.1 Å². The topological polar surface area (TPSA) is 50.4 Å². The van der Waals surface area contributed by atoms with Crippen LogP contribution in [0.1, 0.15) is 11.1 Å². The standard InChI is InChI=1S/C15H17N3/c1-12-7-5-6-8-13(12)11-15(18-16)17-14-9-3-2-4-10-14/h2-10H,11,16H2,1H3,(H,17,18). The Bertz CT molecular complexity index is 532. The van der Waals surface area contributed by atoms with Crippen LogP contribution >= 0.6 is 0 Å². The van der Waals surface area contributed by atoms with Gasteiger partial charge in [0.15, 0.2) is 0 Å². The van der Waals surface area contributed by atoms with Gasteiger partial charge in [0.1, 0.15) is 5.84 Å². The quantitative estimate of drug-likeness (QED) is 0.374. The highest BCUT2D eigenvalue weighted by atomic mass is 15.2. The first-order chi connectivity index (χ1) is 8.79. The van der Waals surface area contributed by atoms with Gasteiger partial charge in [0.2, 0.25) is 0 Å². The van der Waals surface area contributed by atoms with Crippen LogP contribution in [0.3, 0.4) is 0 Å². The molecule has 0 spiro atoms. The average Bonchev–Trinajstić information content (AvgIpc) is 2.41. The number of aliphatic imine (C=N–C) groups is 1. The van der Waals surface area contributed by atoms with Crippen LogP contribution in [0.5, 0.6) is 0 Å². The molecule has 0 heterocycles. The number of aryl methyl sites for hydroxylation is 1. The van der Waals surface area contributed by atoms with Gasteiger partial charge in [-0.15, -0.1) is 0 Å². The van der Waals surface area contributed by atoms with E-state index in [0.29, 0.717) is 6.42 Å². The summed E-state index contributed by atoms with van der Waals surface area (Å²) in [5, 5.41) is 0. The second-order valence-corrected chi connectivity index (χ2v) is 4.14. The lowest BCUT2D eigenvalue weighted by Gasteiger charge is -2.08.